The molecule has 3 rings (SSSR count). The number of thiazole rings is 1. The lowest BCUT2D eigenvalue weighted by Gasteiger charge is -2.05. The standard InChI is InChI=1S/C17H13Cl2NS/c1-10-3-5-12(6-4-10)17-16(20-11(2)21-17)13-7-8-14(18)15(19)9-13/h3-9H,1-2H3. The highest BCUT2D eigenvalue weighted by Crippen LogP contribution is 2.38. The molecule has 0 spiro atoms. The molecule has 1 aromatic heterocycles. The topological polar surface area (TPSA) is 12.9 Å². The molecule has 0 aliphatic heterocycles. The maximum atomic E-state index is 6.13. The van der Waals surface area contributed by atoms with Gasteiger partial charge < -0.3 is 0 Å². The van der Waals surface area contributed by atoms with E-state index < -0.39 is 0 Å². The van der Waals surface area contributed by atoms with Crippen LogP contribution in [-0.2, 0) is 0 Å². The van der Waals surface area contributed by atoms with Gasteiger partial charge in [-0.15, -0.1) is 11.3 Å². The summed E-state index contributed by atoms with van der Waals surface area (Å²) in [6.45, 7) is 4.10. The van der Waals surface area contributed by atoms with E-state index >= 15 is 0 Å². The Morgan fingerprint density at radius 3 is 2.19 bits per heavy atom. The third-order valence-corrected chi connectivity index (χ3v) is 5.00. The number of aryl methyl sites for hydroxylation is 2. The maximum Gasteiger partial charge on any atom is 0.0908 e. The van der Waals surface area contributed by atoms with E-state index in [4.69, 9.17) is 23.2 Å². The van der Waals surface area contributed by atoms with Gasteiger partial charge in [0.1, 0.15) is 0 Å². The maximum absolute atomic E-state index is 6.13. The van der Waals surface area contributed by atoms with Crippen LogP contribution >= 0.6 is 34.5 Å². The van der Waals surface area contributed by atoms with Gasteiger partial charge in [-0.05, 0) is 31.5 Å². The lowest BCUT2D eigenvalue weighted by Crippen LogP contribution is -1.83. The molecule has 0 atom stereocenters. The Labute approximate surface area is 138 Å². The van der Waals surface area contributed by atoms with Crippen LogP contribution in [0.25, 0.3) is 21.7 Å². The van der Waals surface area contributed by atoms with E-state index in [1.165, 1.54) is 11.1 Å². The van der Waals surface area contributed by atoms with E-state index in [0.717, 1.165) is 21.1 Å². The Bertz CT molecular complexity index is 791. The van der Waals surface area contributed by atoms with Crippen LogP contribution in [0.2, 0.25) is 10.0 Å². The minimum Gasteiger partial charge on any atom is -0.241 e. The first kappa shape index (κ1) is 14.6. The first-order valence-electron chi connectivity index (χ1n) is 6.54. The van der Waals surface area contributed by atoms with E-state index in [2.05, 4.69) is 36.2 Å². The van der Waals surface area contributed by atoms with Crippen LogP contribution in [0.1, 0.15) is 10.6 Å². The van der Waals surface area contributed by atoms with Crippen molar-refractivity contribution in [3.05, 3.63) is 63.1 Å². The summed E-state index contributed by atoms with van der Waals surface area (Å²) in [6, 6.07) is 14.1. The highest BCUT2D eigenvalue weighted by Gasteiger charge is 2.14. The summed E-state index contributed by atoms with van der Waals surface area (Å²) in [4.78, 5) is 5.83. The normalized spacial score (nSPS) is 10.9. The van der Waals surface area contributed by atoms with Crippen LogP contribution in [0, 0.1) is 13.8 Å². The molecule has 21 heavy (non-hydrogen) atoms. The number of rotatable bonds is 2. The van der Waals surface area contributed by atoms with Crippen LogP contribution in [0.5, 0.6) is 0 Å². The van der Waals surface area contributed by atoms with Crippen molar-refractivity contribution in [1.29, 1.82) is 0 Å². The summed E-state index contributed by atoms with van der Waals surface area (Å²) >= 11 is 13.8. The van der Waals surface area contributed by atoms with E-state index in [0.29, 0.717) is 10.0 Å². The lowest BCUT2D eigenvalue weighted by atomic mass is 10.1. The second-order valence-electron chi connectivity index (χ2n) is 4.91. The number of aromatic nitrogens is 1. The second kappa shape index (κ2) is 5.80. The molecule has 0 radical (unpaired) electrons. The summed E-state index contributed by atoms with van der Waals surface area (Å²) in [5.41, 5.74) is 4.37. The van der Waals surface area contributed by atoms with E-state index in [1.54, 1.807) is 11.3 Å². The van der Waals surface area contributed by atoms with Crippen LogP contribution in [-0.4, -0.2) is 4.98 Å². The molecule has 2 aromatic carbocycles. The molecule has 0 aliphatic rings. The van der Waals surface area contributed by atoms with E-state index in [1.807, 2.05) is 25.1 Å². The predicted molar refractivity (Wildman–Crippen MR) is 92.5 cm³/mol. The number of hydrogen-bond acceptors (Lipinski definition) is 2. The summed E-state index contributed by atoms with van der Waals surface area (Å²) in [6.07, 6.45) is 0. The summed E-state index contributed by atoms with van der Waals surface area (Å²) in [5, 5.41) is 2.14. The molecule has 0 N–H and O–H groups in total. The van der Waals surface area contributed by atoms with Gasteiger partial charge in [-0.25, -0.2) is 4.98 Å². The molecule has 0 amide bonds. The van der Waals surface area contributed by atoms with Crippen molar-refractivity contribution in [3.8, 4) is 21.7 Å². The Morgan fingerprint density at radius 2 is 1.52 bits per heavy atom. The molecule has 0 unspecified atom stereocenters. The number of halogens is 2. The molecule has 0 aliphatic carbocycles. The molecular weight excluding hydrogens is 321 g/mol. The van der Waals surface area contributed by atoms with Crippen molar-refractivity contribution in [2.24, 2.45) is 0 Å². The van der Waals surface area contributed by atoms with Gasteiger partial charge in [0.15, 0.2) is 0 Å². The molecule has 106 valence electrons. The fourth-order valence-electron chi connectivity index (χ4n) is 2.17. The molecule has 0 fully saturated rings. The number of hydrogen-bond donors (Lipinski definition) is 0. The zero-order valence-electron chi connectivity index (χ0n) is 11.7. The Hall–Kier alpha value is -1.35. The molecule has 0 saturated heterocycles. The van der Waals surface area contributed by atoms with Gasteiger partial charge in [-0.3, -0.25) is 0 Å². The molecule has 1 nitrogen and oxygen atoms in total. The molecule has 0 saturated carbocycles. The Balaban J connectivity index is 2.15. The fraction of sp³-hybridized carbons (Fsp3) is 0.118. The van der Waals surface area contributed by atoms with Gasteiger partial charge in [0.05, 0.1) is 25.6 Å². The lowest BCUT2D eigenvalue weighted by molar-refractivity contribution is 1.30. The van der Waals surface area contributed by atoms with Gasteiger partial charge in [0.2, 0.25) is 0 Å². The van der Waals surface area contributed by atoms with Crippen molar-refractivity contribution >= 4 is 34.5 Å². The monoisotopic (exact) mass is 333 g/mol. The first-order chi connectivity index (χ1) is 10.0. The van der Waals surface area contributed by atoms with Crippen molar-refractivity contribution in [2.45, 2.75) is 13.8 Å². The SMILES string of the molecule is Cc1ccc(-c2sc(C)nc2-c2ccc(Cl)c(Cl)c2)cc1. The van der Waals surface area contributed by atoms with Crippen LogP contribution in [0.15, 0.2) is 42.5 Å². The molecular formula is C17H13Cl2NS. The van der Waals surface area contributed by atoms with Gasteiger partial charge in [0.25, 0.3) is 0 Å². The van der Waals surface area contributed by atoms with Gasteiger partial charge >= 0.3 is 0 Å². The summed E-state index contributed by atoms with van der Waals surface area (Å²) in [7, 11) is 0. The fourth-order valence-corrected chi connectivity index (χ4v) is 3.41. The van der Waals surface area contributed by atoms with Crippen LogP contribution in [0.3, 0.4) is 0 Å². The average molecular weight is 334 g/mol. The average Bonchev–Trinajstić information content (AvgIpc) is 2.85. The van der Waals surface area contributed by atoms with E-state index in [9.17, 15) is 0 Å². The van der Waals surface area contributed by atoms with Gasteiger partial charge in [-0.1, -0.05) is 59.1 Å². The summed E-state index contributed by atoms with van der Waals surface area (Å²) < 4.78 is 0. The predicted octanol–water partition coefficient (Wildman–Crippen LogP) is 6.40. The Kier molecular flexibility index (Phi) is 4.03. The van der Waals surface area contributed by atoms with Gasteiger partial charge in [0, 0.05) is 5.56 Å². The van der Waals surface area contributed by atoms with Crippen molar-refractivity contribution < 1.29 is 0 Å². The van der Waals surface area contributed by atoms with Crippen molar-refractivity contribution in [3.63, 3.8) is 0 Å². The Morgan fingerprint density at radius 1 is 0.857 bits per heavy atom. The number of nitrogens with zero attached hydrogens (tertiary/aromatic N) is 1. The third kappa shape index (κ3) is 2.98. The number of benzene rings is 2. The smallest absolute Gasteiger partial charge is 0.0908 e. The van der Waals surface area contributed by atoms with Crippen molar-refractivity contribution in [2.75, 3.05) is 0 Å². The van der Waals surface area contributed by atoms with Crippen LogP contribution < -0.4 is 0 Å². The highest BCUT2D eigenvalue weighted by molar-refractivity contribution is 7.15. The molecule has 1 heterocycles. The second-order valence-corrected chi connectivity index (χ2v) is 6.92. The van der Waals surface area contributed by atoms with Gasteiger partial charge in [-0.2, -0.15) is 0 Å². The molecule has 3 aromatic rings. The highest BCUT2D eigenvalue weighted by atomic mass is 35.5. The van der Waals surface area contributed by atoms with E-state index in [-0.39, 0.29) is 0 Å². The van der Waals surface area contributed by atoms with Crippen molar-refractivity contribution in [1.82, 2.24) is 4.98 Å². The molecule has 4 heteroatoms. The van der Waals surface area contributed by atoms with Crippen LogP contribution in [0.4, 0.5) is 0 Å². The zero-order chi connectivity index (χ0) is 15.0. The minimum atomic E-state index is 0.551. The molecule has 0 bridgehead atoms. The quantitative estimate of drug-likeness (QED) is 0.528. The third-order valence-electron chi connectivity index (χ3n) is 3.24. The largest absolute Gasteiger partial charge is 0.241 e. The minimum absolute atomic E-state index is 0.551. The first-order valence-corrected chi connectivity index (χ1v) is 8.12. The zero-order valence-corrected chi connectivity index (χ0v) is 14.0. The summed E-state index contributed by atoms with van der Waals surface area (Å²) in [5.74, 6) is 0.